The number of hydrogen-bond acceptors (Lipinski definition) is 4. The first-order valence-corrected chi connectivity index (χ1v) is 6.10. The molecule has 0 aliphatic carbocycles. The van der Waals surface area contributed by atoms with E-state index in [1.807, 2.05) is 24.3 Å². The molecule has 0 bridgehead atoms. The van der Waals surface area contributed by atoms with Gasteiger partial charge in [-0.25, -0.2) is 0 Å². The van der Waals surface area contributed by atoms with E-state index in [4.69, 9.17) is 5.73 Å². The molecule has 0 saturated heterocycles. The Morgan fingerprint density at radius 3 is 2.80 bits per heavy atom. The molecule has 0 unspecified atom stereocenters. The molecule has 0 aliphatic rings. The Labute approximate surface area is 115 Å². The number of nitrogens with two attached hydrogens (primary N) is 1. The predicted molar refractivity (Wildman–Crippen MR) is 78.3 cm³/mol. The molecular weight excluding hydrogens is 252 g/mol. The lowest BCUT2D eigenvalue weighted by molar-refractivity contribution is 0.102. The third-order valence-electron chi connectivity index (χ3n) is 2.98. The summed E-state index contributed by atoms with van der Waals surface area (Å²) in [5, 5.41) is 3.78. The number of carbonyl (C=O) groups is 1. The summed E-state index contributed by atoms with van der Waals surface area (Å²) < 4.78 is 0. The second kappa shape index (κ2) is 4.97. The van der Waals surface area contributed by atoms with Crippen LogP contribution in [0.2, 0.25) is 0 Å². The van der Waals surface area contributed by atoms with Gasteiger partial charge in [-0.15, -0.1) is 0 Å². The van der Waals surface area contributed by atoms with Crippen LogP contribution >= 0.6 is 0 Å². The van der Waals surface area contributed by atoms with E-state index in [1.165, 1.54) is 6.20 Å². The van der Waals surface area contributed by atoms with Crippen molar-refractivity contribution in [3.63, 3.8) is 0 Å². The Hall–Kier alpha value is -2.95. The van der Waals surface area contributed by atoms with Crippen LogP contribution in [0.25, 0.3) is 10.9 Å². The van der Waals surface area contributed by atoms with Crippen LogP contribution in [0.5, 0.6) is 0 Å². The standard InChI is InChI=1S/C15H12N4O/c16-12-6-8-17-9-11(12)15(20)19-13-5-1-3-10-4-2-7-18-14(10)13/h1-9H,(H2,16,17)(H,19,20). The second-order valence-electron chi connectivity index (χ2n) is 4.30. The van der Waals surface area contributed by atoms with Crippen molar-refractivity contribution >= 4 is 28.2 Å². The van der Waals surface area contributed by atoms with Crippen LogP contribution in [0.3, 0.4) is 0 Å². The highest BCUT2D eigenvalue weighted by atomic mass is 16.1. The van der Waals surface area contributed by atoms with E-state index >= 15 is 0 Å². The van der Waals surface area contributed by atoms with E-state index < -0.39 is 0 Å². The molecule has 0 radical (unpaired) electrons. The van der Waals surface area contributed by atoms with Gasteiger partial charge < -0.3 is 11.1 Å². The topological polar surface area (TPSA) is 80.9 Å². The van der Waals surface area contributed by atoms with E-state index in [-0.39, 0.29) is 5.91 Å². The average Bonchev–Trinajstić information content (AvgIpc) is 2.48. The number of fused-ring (bicyclic) bond motifs is 1. The van der Waals surface area contributed by atoms with Gasteiger partial charge in [0.2, 0.25) is 0 Å². The molecule has 98 valence electrons. The smallest absolute Gasteiger partial charge is 0.259 e. The summed E-state index contributed by atoms with van der Waals surface area (Å²) in [6, 6.07) is 11.0. The van der Waals surface area contributed by atoms with E-state index in [2.05, 4.69) is 15.3 Å². The Balaban J connectivity index is 1.98. The molecule has 1 amide bonds. The van der Waals surface area contributed by atoms with Crippen molar-refractivity contribution in [3.8, 4) is 0 Å². The number of nitrogen functional groups attached to an aromatic ring is 1. The molecule has 1 aromatic carbocycles. The summed E-state index contributed by atoms with van der Waals surface area (Å²) in [4.78, 5) is 20.4. The minimum atomic E-state index is -0.297. The van der Waals surface area contributed by atoms with Crippen molar-refractivity contribution in [2.45, 2.75) is 0 Å². The average molecular weight is 264 g/mol. The number of nitrogens with zero attached hydrogens (tertiary/aromatic N) is 2. The number of anilines is 2. The highest BCUT2D eigenvalue weighted by Crippen LogP contribution is 2.21. The summed E-state index contributed by atoms with van der Waals surface area (Å²) >= 11 is 0. The van der Waals surface area contributed by atoms with Crippen LogP contribution < -0.4 is 11.1 Å². The zero-order chi connectivity index (χ0) is 13.9. The Morgan fingerprint density at radius 1 is 1.10 bits per heavy atom. The molecule has 3 N–H and O–H groups in total. The van der Waals surface area contributed by atoms with Crippen LogP contribution in [0, 0.1) is 0 Å². The summed E-state index contributed by atoms with van der Waals surface area (Å²) in [7, 11) is 0. The molecule has 3 rings (SSSR count). The predicted octanol–water partition coefficient (Wildman–Crippen LogP) is 2.46. The minimum absolute atomic E-state index is 0.297. The molecule has 0 saturated carbocycles. The van der Waals surface area contributed by atoms with Gasteiger partial charge in [0.15, 0.2) is 0 Å². The van der Waals surface area contributed by atoms with Crippen LogP contribution in [-0.4, -0.2) is 15.9 Å². The van der Waals surface area contributed by atoms with E-state index in [9.17, 15) is 4.79 Å². The monoisotopic (exact) mass is 264 g/mol. The summed E-state index contributed by atoms with van der Waals surface area (Å²) in [6.45, 7) is 0. The van der Waals surface area contributed by atoms with Crippen LogP contribution in [0.4, 0.5) is 11.4 Å². The maximum atomic E-state index is 12.2. The fourth-order valence-electron chi connectivity index (χ4n) is 1.99. The van der Waals surface area contributed by atoms with Gasteiger partial charge in [-0.2, -0.15) is 0 Å². The lowest BCUT2D eigenvalue weighted by Crippen LogP contribution is -2.14. The minimum Gasteiger partial charge on any atom is -0.398 e. The zero-order valence-electron chi connectivity index (χ0n) is 10.6. The molecule has 2 heterocycles. The first-order chi connectivity index (χ1) is 9.75. The number of amides is 1. The van der Waals surface area contributed by atoms with Gasteiger partial charge >= 0.3 is 0 Å². The normalized spacial score (nSPS) is 10.4. The van der Waals surface area contributed by atoms with Crippen molar-refractivity contribution in [1.29, 1.82) is 0 Å². The first kappa shape index (κ1) is 12.1. The van der Waals surface area contributed by atoms with Crippen molar-refractivity contribution in [1.82, 2.24) is 9.97 Å². The van der Waals surface area contributed by atoms with Gasteiger partial charge in [0.05, 0.1) is 16.8 Å². The van der Waals surface area contributed by atoms with Gasteiger partial charge in [0, 0.05) is 29.7 Å². The first-order valence-electron chi connectivity index (χ1n) is 6.10. The highest BCUT2D eigenvalue weighted by molar-refractivity contribution is 6.10. The Bertz CT molecular complexity index is 780. The number of rotatable bonds is 2. The number of hydrogen-bond donors (Lipinski definition) is 2. The zero-order valence-corrected chi connectivity index (χ0v) is 10.6. The SMILES string of the molecule is Nc1ccncc1C(=O)Nc1cccc2cccnc12. The molecule has 0 spiro atoms. The van der Waals surface area contributed by atoms with Gasteiger partial charge in [0.1, 0.15) is 0 Å². The van der Waals surface area contributed by atoms with E-state index in [1.54, 1.807) is 24.5 Å². The summed E-state index contributed by atoms with van der Waals surface area (Å²) in [5.41, 5.74) is 7.90. The van der Waals surface area contributed by atoms with Crippen LogP contribution in [0.15, 0.2) is 55.0 Å². The van der Waals surface area contributed by atoms with Crippen LogP contribution in [-0.2, 0) is 0 Å². The van der Waals surface area contributed by atoms with Gasteiger partial charge in [0.25, 0.3) is 5.91 Å². The van der Waals surface area contributed by atoms with E-state index in [0.29, 0.717) is 16.9 Å². The molecule has 0 atom stereocenters. The Morgan fingerprint density at radius 2 is 1.95 bits per heavy atom. The van der Waals surface area contributed by atoms with Crippen molar-refractivity contribution in [2.24, 2.45) is 0 Å². The van der Waals surface area contributed by atoms with Gasteiger partial charge in [-0.1, -0.05) is 18.2 Å². The van der Waals surface area contributed by atoms with E-state index in [0.717, 1.165) is 10.9 Å². The highest BCUT2D eigenvalue weighted by Gasteiger charge is 2.11. The largest absolute Gasteiger partial charge is 0.398 e. The molecule has 20 heavy (non-hydrogen) atoms. The summed E-state index contributed by atoms with van der Waals surface area (Å²) in [6.07, 6.45) is 4.69. The quantitative estimate of drug-likeness (QED) is 0.745. The lowest BCUT2D eigenvalue weighted by Gasteiger charge is -2.09. The number of nitrogens with one attached hydrogen (secondary N) is 1. The number of aromatic nitrogens is 2. The molecule has 0 fully saturated rings. The fourth-order valence-corrected chi connectivity index (χ4v) is 1.99. The van der Waals surface area contributed by atoms with Crippen molar-refractivity contribution < 1.29 is 4.79 Å². The maximum Gasteiger partial charge on any atom is 0.259 e. The maximum absolute atomic E-state index is 12.2. The van der Waals surface area contributed by atoms with Crippen molar-refractivity contribution in [3.05, 3.63) is 60.6 Å². The third-order valence-corrected chi connectivity index (χ3v) is 2.98. The lowest BCUT2D eigenvalue weighted by atomic mass is 10.1. The molecule has 5 heteroatoms. The van der Waals surface area contributed by atoms with Crippen LogP contribution in [0.1, 0.15) is 10.4 Å². The Kier molecular flexibility index (Phi) is 3.01. The number of carbonyl (C=O) groups excluding carboxylic acids is 1. The second-order valence-corrected chi connectivity index (χ2v) is 4.30. The van der Waals surface area contributed by atoms with Gasteiger partial charge in [-0.05, 0) is 18.2 Å². The summed E-state index contributed by atoms with van der Waals surface area (Å²) in [5.74, 6) is -0.297. The molecule has 0 aliphatic heterocycles. The fraction of sp³-hybridized carbons (Fsp3) is 0. The molecule has 5 nitrogen and oxygen atoms in total. The third kappa shape index (κ3) is 2.16. The molecule has 3 aromatic rings. The number of benzene rings is 1. The van der Waals surface area contributed by atoms with Crippen molar-refractivity contribution in [2.75, 3.05) is 11.1 Å². The number of pyridine rings is 2. The van der Waals surface area contributed by atoms with Gasteiger partial charge in [-0.3, -0.25) is 14.8 Å². The number of para-hydroxylation sites is 1. The molecular formula is C15H12N4O. The molecule has 2 aromatic heterocycles.